The van der Waals surface area contributed by atoms with Gasteiger partial charge in [-0.3, -0.25) is 14.9 Å². The number of hydrogen-bond acceptors (Lipinski definition) is 3. The fourth-order valence-corrected chi connectivity index (χ4v) is 3.33. The van der Waals surface area contributed by atoms with Crippen molar-refractivity contribution in [2.75, 3.05) is 5.32 Å². The zero-order valence-corrected chi connectivity index (χ0v) is 12.7. The van der Waals surface area contributed by atoms with Crippen molar-refractivity contribution in [3.63, 3.8) is 0 Å². The molecule has 4 rings (SSSR count). The third-order valence-corrected chi connectivity index (χ3v) is 4.50. The van der Waals surface area contributed by atoms with Gasteiger partial charge >= 0.3 is 0 Å². The fraction of sp³-hybridized carbons (Fsp3) is 0.105. The Morgan fingerprint density at radius 3 is 2.50 bits per heavy atom. The van der Waals surface area contributed by atoms with Crippen molar-refractivity contribution < 1.29 is 9.72 Å². The Morgan fingerprint density at radius 2 is 1.75 bits per heavy atom. The van der Waals surface area contributed by atoms with E-state index in [4.69, 9.17) is 0 Å². The van der Waals surface area contributed by atoms with Gasteiger partial charge in [-0.25, -0.2) is 0 Å². The van der Waals surface area contributed by atoms with Gasteiger partial charge in [0, 0.05) is 29.9 Å². The number of nitro groups is 1. The predicted octanol–water partition coefficient (Wildman–Crippen LogP) is 4.22. The van der Waals surface area contributed by atoms with Crippen LogP contribution >= 0.6 is 0 Å². The van der Waals surface area contributed by atoms with Gasteiger partial charge in [-0.15, -0.1) is 0 Å². The molecule has 0 unspecified atom stereocenters. The van der Waals surface area contributed by atoms with Crippen LogP contribution in [-0.4, -0.2) is 10.8 Å². The Morgan fingerprint density at radius 1 is 1.00 bits per heavy atom. The van der Waals surface area contributed by atoms with Crippen molar-refractivity contribution in [3.05, 3.63) is 81.9 Å². The summed E-state index contributed by atoms with van der Waals surface area (Å²) in [4.78, 5) is 22.6. The molecule has 1 aliphatic rings. The van der Waals surface area contributed by atoms with E-state index >= 15 is 0 Å². The average molecular weight is 318 g/mol. The molecule has 0 fully saturated rings. The van der Waals surface area contributed by atoms with Crippen LogP contribution in [0.15, 0.2) is 60.7 Å². The molecule has 3 aromatic carbocycles. The van der Waals surface area contributed by atoms with E-state index in [1.807, 2.05) is 36.4 Å². The highest BCUT2D eigenvalue weighted by atomic mass is 16.6. The summed E-state index contributed by atoms with van der Waals surface area (Å²) in [5.41, 5.74) is 2.85. The molecule has 1 heterocycles. The van der Waals surface area contributed by atoms with Gasteiger partial charge in [0.25, 0.3) is 5.69 Å². The van der Waals surface area contributed by atoms with E-state index in [1.165, 1.54) is 12.1 Å². The minimum absolute atomic E-state index is 0.0396. The third kappa shape index (κ3) is 2.31. The van der Waals surface area contributed by atoms with Gasteiger partial charge in [0.2, 0.25) is 5.91 Å². The maximum atomic E-state index is 12.2. The molecule has 0 bridgehead atoms. The number of amides is 1. The lowest BCUT2D eigenvalue weighted by molar-refractivity contribution is -0.384. The number of nitrogens with zero attached hydrogens (tertiary/aromatic N) is 1. The molecular formula is C19H14N2O3. The molecule has 118 valence electrons. The third-order valence-electron chi connectivity index (χ3n) is 4.50. The number of benzene rings is 3. The molecule has 3 aromatic rings. The van der Waals surface area contributed by atoms with Crippen LogP contribution in [0.5, 0.6) is 0 Å². The van der Waals surface area contributed by atoms with Gasteiger partial charge in [0.1, 0.15) is 0 Å². The van der Waals surface area contributed by atoms with E-state index in [0.29, 0.717) is 6.42 Å². The summed E-state index contributed by atoms with van der Waals surface area (Å²) in [6, 6.07) is 18.4. The van der Waals surface area contributed by atoms with Gasteiger partial charge in [0.15, 0.2) is 0 Å². The van der Waals surface area contributed by atoms with Crippen LogP contribution in [0.4, 0.5) is 11.4 Å². The number of fused-ring (bicyclic) bond motifs is 3. The van der Waals surface area contributed by atoms with Gasteiger partial charge in [0.05, 0.1) is 10.6 Å². The monoisotopic (exact) mass is 318 g/mol. The summed E-state index contributed by atoms with van der Waals surface area (Å²) in [5.74, 6) is -0.138. The molecule has 0 saturated heterocycles. The smallest absolute Gasteiger partial charge is 0.269 e. The Kier molecular flexibility index (Phi) is 3.27. The lowest BCUT2D eigenvalue weighted by atomic mass is 9.83. The quantitative estimate of drug-likeness (QED) is 0.568. The zero-order valence-electron chi connectivity index (χ0n) is 12.7. The minimum atomic E-state index is -0.418. The molecule has 5 heteroatoms. The molecule has 0 radical (unpaired) electrons. The number of carbonyl (C=O) groups is 1. The van der Waals surface area contributed by atoms with Gasteiger partial charge in [-0.1, -0.05) is 48.5 Å². The summed E-state index contributed by atoms with van der Waals surface area (Å²) in [5, 5.41) is 15.9. The van der Waals surface area contributed by atoms with E-state index in [2.05, 4.69) is 5.32 Å². The number of nitro benzene ring substituents is 1. The van der Waals surface area contributed by atoms with Crippen molar-refractivity contribution in [3.8, 4) is 0 Å². The molecule has 0 aliphatic carbocycles. The van der Waals surface area contributed by atoms with Crippen LogP contribution < -0.4 is 5.32 Å². The van der Waals surface area contributed by atoms with Crippen molar-refractivity contribution in [2.45, 2.75) is 12.3 Å². The second-order valence-electron chi connectivity index (χ2n) is 5.90. The SMILES string of the molecule is O=C1C[C@@H](c2ccc([N+](=O)[O-])cc2)c2ccc3ccccc3c2N1. The first-order chi connectivity index (χ1) is 11.6. The summed E-state index contributed by atoms with van der Waals surface area (Å²) in [6.07, 6.45) is 0.336. The van der Waals surface area contributed by atoms with Crippen LogP contribution in [0.1, 0.15) is 23.5 Å². The molecule has 1 N–H and O–H groups in total. The number of non-ortho nitro benzene ring substituents is 1. The fourth-order valence-electron chi connectivity index (χ4n) is 3.33. The highest BCUT2D eigenvalue weighted by molar-refractivity contribution is 6.06. The zero-order chi connectivity index (χ0) is 16.7. The molecule has 24 heavy (non-hydrogen) atoms. The van der Waals surface area contributed by atoms with E-state index in [9.17, 15) is 14.9 Å². The topological polar surface area (TPSA) is 72.2 Å². The molecule has 1 atom stereocenters. The first kappa shape index (κ1) is 14.4. The van der Waals surface area contributed by atoms with E-state index in [0.717, 1.165) is 27.6 Å². The molecule has 1 aliphatic heterocycles. The molecule has 0 aromatic heterocycles. The van der Waals surface area contributed by atoms with Crippen molar-refractivity contribution in [1.82, 2.24) is 0 Å². The Bertz CT molecular complexity index is 964. The maximum Gasteiger partial charge on any atom is 0.269 e. The maximum absolute atomic E-state index is 12.2. The predicted molar refractivity (Wildman–Crippen MR) is 92.1 cm³/mol. The highest BCUT2D eigenvalue weighted by Gasteiger charge is 2.27. The van der Waals surface area contributed by atoms with Crippen LogP contribution in [0.2, 0.25) is 0 Å². The Balaban J connectivity index is 1.85. The summed E-state index contributed by atoms with van der Waals surface area (Å²) in [7, 11) is 0. The lowest BCUT2D eigenvalue weighted by Gasteiger charge is -2.27. The second-order valence-corrected chi connectivity index (χ2v) is 5.90. The molecule has 0 spiro atoms. The van der Waals surface area contributed by atoms with Gasteiger partial charge < -0.3 is 5.32 Å². The van der Waals surface area contributed by atoms with Crippen LogP contribution in [-0.2, 0) is 4.79 Å². The number of anilines is 1. The first-order valence-corrected chi connectivity index (χ1v) is 7.69. The number of hydrogen-bond donors (Lipinski definition) is 1. The first-order valence-electron chi connectivity index (χ1n) is 7.69. The molecule has 1 amide bonds. The number of rotatable bonds is 2. The largest absolute Gasteiger partial charge is 0.325 e. The summed E-state index contributed by atoms with van der Waals surface area (Å²) >= 11 is 0. The number of nitrogens with one attached hydrogen (secondary N) is 1. The van der Waals surface area contributed by atoms with Crippen molar-refractivity contribution in [1.29, 1.82) is 0 Å². The summed E-state index contributed by atoms with van der Waals surface area (Å²) in [6.45, 7) is 0. The average Bonchev–Trinajstić information content (AvgIpc) is 2.61. The molecular weight excluding hydrogens is 304 g/mol. The van der Waals surface area contributed by atoms with E-state index in [1.54, 1.807) is 12.1 Å². The second kappa shape index (κ2) is 5.45. The van der Waals surface area contributed by atoms with Crippen molar-refractivity contribution in [2.24, 2.45) is 0 Å². The Labute approximate surface area is 138 Å². The van der Waals surface area contributed by atoms with Crippen LogP contribution in [0.3, 0.4) is 0 Å². The van der Waals surface area contributed by atoms with Crippen LogP contribution in [0, 0.1) is 10.1 Å². The minimum Gasteiger partial charge on any atom is -0.325 e. The summed E-state index contributed by atoms with van der Waals surface area (Å²) < 4.78 is 0. The van der Waals surface area contributed by atoms with Gasteiger partial charge in [-0.2, -0.15) is 0 Å². The Hall–Kier alpha value is -3.21. The lowest BCUT2D eigenvalue weighted by Crippen LogP contribution is -2.23. The normalized spacial score (nSPS) is 16.5. The van der Waals surface area contributed by atoms with E-state index in [-0.39, 0.29) is 17.5 Å². The van der Waals surface area contributed by atoms with Gasteiger partial charge in [-0.05, 0) is 16.5 Å². The molecule has 0 saturated carbocycles. The number of carbonyl (C=O) groups excluding carboxylic acids is 1. The van der Waals surface area contributed by atoms with E-state index < -0.39 is 4.92 Å². The van der Waals surface area contributed by atoms with Crippen LogP contribution in [0.25, 0.3) is 10.8 Å². The highest BCUT2D eigenvalue weighted by Crippen LogP contribution is 2.41. The molecule has 5 nitrogen and oxygen atoms in total. The standard InChI is InChI=1S/C19H14N2O3/c22-18-11-17(13-5-8-14(9-6-13)21(23)24)16-10-7-12-3-1-2-4-15(12)19(16)20-18/h1-10,17H,11H2,(H,20,22)/t17-/m0/s1. The van der Waals surface area contributed by atoms with Crippen molar-refractivity contribution >= 4 is 28.1 Å².